The van der Waals surface area contributed by atoms with E-state index in [4.69, 9.17) is 9.47 Å². The van der Waals surface area contributed by atoms with Crippen molar-refractivity contribution in [2.75, 3.05) is 33.4 Å². The Balaban J connectivity index is 2.06. The molecule has 0 radical (unpaired) electrons. The van der Waals surface area contributed by atoms with Gasteiger partial charge in [0.05, 0.1) is 12.7 Å². The highest BCUT2D eigenvalue weighted by molar-refractivity contribution is 7.89. The molecule has 10 nitrogen and oxygen atoms in total. The van der Waals surface area contributed by atoms with Crippen LogP contribution in [0.5, 0.6) is 5.75 Å². The molecule has 0 saturated carbocycles. The number of esters is 1. The Labute approximate surface area is 188 Å². The Kier molecular flexibility index (Phi) is 9.92. The van der Waals surface area contributed by atoms with E-state index in [1.807, 2.05) is 6.92 Å². The van der Waals surface area contributed by atoms with Crippen molar-refractivity contribution in [3.63, 3.8) is 0 Å². The summed E-state index contributed by atoms with van der Waals surface area (Å²) in [6.45, 7) is 2.52. The fraction of sp³-hybridized carbons (Fsp3) is 0.571. The van der Waals surface area contributed by atoms with Crippen molar-refractivity contribution in [1.29, 1.82) is 0 Å². The quantitative estimate of drug-likeness (QED) is 0.418. The minimum atomic E-state index is -3.87. The van der Waals surface area contributed by atoms with E-state index < -0.39 is 34.5 Å². The van der Waals surface area contributed by atoms with Gasteiger partial charge in [0.25, 0.3) is 5.91 Å². The van der Waals surface area contributed by atoms with Crippen LogP contribution in [-0.4, -0.2) is 64.0 Å². The maximum atomic E-state index is 13.2. The van der Waals surface area contributed by atoms with Crippen LogP contribution in [0.15, 0.2) is 23.1 Å². The number of nitrogens with zero attached hydrogens (tertiary/aromatic N) is 1. The Morgan fingerprint density at radius 1 is 1.09 bits per heavy atom. The summed E-state index contributed by atoms with van der Waals surface area (Å²) < 4.78 is 37.9. The minimum absolute atomic E-state index is 0.0422. The number of hydrogen-bond donors (Lipinski definition) is 2. The van der Waals surface area contributed by atoms with E-state index in [1.54, 1.807) is 0 Å². The smallest absolute Gasteiger partial charge is 0.338 e. The van der Waals surface area contributed by atoms with Crippen molar-refractivity contribution in [2.45, 2.75) is 50.3 Å². The maximum Gasteiger partial charge on any atom is 0.338 e. The topological polar surface area (TPSA) is 131 Å². The van der Waals surface area contributed by atoms with Gasteiger partial charge in [0.2, 0.25) is 10.0 Å². The molecule has 11 heteroatoms. The number of carbonyl (C=O) groups excluding carboxylic acids is 3. The molecule has 0 atom stereocenters. The van der Waals surface area contributed by atoms with Gasteiger partial charge in [-0.15, -0.1) is 0 Å². The number of rotatable bonds is 9. The van der Waals surface area contributed by atoms with Crippen LogP contribution in [0.1, 0.15) is 55.8 Å². The summed E-state index contributed by atoms with van der Waals surface area (Å²) in [5.41, 5.74) is -0.0422. The van der Waals surface area contributed by atoms with Gasteiger partial charge in [0, 0.05) is 19.6 Å². The Morgan fingerprint density at radius 3 is 2.41 bits per heavy atom. The van der Waals surface area contributed by atoms with Crippen molar-refractivity contribution in [3.8, 4) is 5.75 Å². The van der Waals surface area contributed by atoms with Crippen LogP contribution < -0.4 is 15.4 Å². The molecule has 3 amide bonds. The molecule has 1 aromatic rings. The van der Waals surface area contributed by atoms with Crippen LogP contribution in [0.2, 0.25) is 0 Å². The molecule has 1 aliphatic rings. The number of unbranched alkanes of at least 4 members (excludes halogenated alkanes) is 1. The van der Waals surface area contributed by atoms with Crippen molar-refractivity contribution in [1.82, 2.24) is 14.9 Å². The first-order valence-electron chi connectivity index (χ1n) is 10.7. The Hall–Kier alpha value is -2.66. The lowest BCUT2D eigenvalue weighted by Gasteiger charge is -2.21. The Bertz CT molecular complexity index is 910. The molecule has 0 aliphatic carbocycles. The fourth-order valence-corrected chi connectivity index (χ4v) is 4.93. The standard InChI is InChI=1S/C21H31N3O7S/c1-3-4-11-22-21(27)23-19(25)15-31-20(26)16-9-10-17(30-2)18(14-16)32(28,29)24-12-7-5-6-8-13-24/h9-10,14H,3-8,11-13,15H2,1-2H3,(H2,22,23,25,27). The van der Waals surface area contributed by atoms with Gasteiger partial charge in [-0.05, 0) is 37.5 Å². The lowest BCUT2D eigenvalue weighted by molar-refractivity contribution is -0.123. The van der Waals surface area contributed by atoms with Gasteiger partial charge >= 0.3 is 12.0 Å². The van der Waals surface area contributed by atoms with Gasteiger partial charge in [-0.2, -0.15) is 4.31 Å². The number of nitrogens with one attached hydrogen (secondary N) is 2. The molecule has 1 saturated heterocycles. The Morgan fingerprint density at radius 2 is 1.78 bits per heavy atom. The number of ether oxygens (including phenoxy) is 2. The zero-order chi connectivity index (χ0) is 23.6. The summed E-state index contributed by atoms with van der Waals surface area (Å²) in [4.78, 5) is 35.7. The maximum absolute atomic E-state index is 13.2. The van der Waals surface area contributed by atoms with E-state index in [0.29, 0.717) is 19.6 Å². The molecule has 0 bridgehead atoms. The van der Waals surface area contributed by atoms with Crippen LogP contribution in [0.3, 0.4) is 0 Å². The number of imide groups is 1. The molecular weight excluding hydrogens is 438 g/mol. The first-order valence-corrected chi connectivity index (χ1v) is 12.2. The molecule has 1 fully saturated rings. The van der Waals surface area contributed by atoms with Crippen molar-refractivity contribution in [3.05, 3.63) is 23.8 Å². The molecule has 32 heavy (non-hydrogen) atoms. The molecule has 178 valence electrons. The molecule has 0 unspecified atom stereocenters. The second kappa shape index (κ2) is 12.4. The van der Waals surface area contributed by atoms with Crippen LogP contribution in [0.4, 0.5) is 4.79 Å². The van der Waals surface area contributed by atoms with Gasteiger partial charge in [-0.1, -0.05) is 26.2 Å². The van der Waals surface area contributed by atoms with Crippen LogP contribution in [-0.2, 0) is 19.6 Å². The van der Waals surface area contributed by atoms with E-state index in [9.17, 15) is 22.8 Å². The number of amides is 3. The highest BCUT2D eigenvalue weighted by atomic mass is 32.2. The van der Waals surface area contributed by atoms with Gasteiger partial charge in [-0.25, -0.2) is 18.0 Å². The van der Waals surface area contributed by atoms with E-state index in [0.717, 1.165) is 38.5 Å². The molecule has 1 heterocycles. The predicted molar refractivity (Wildman–Crippen MR) is 117 cm³/mol. The third-order valence-corrected chi connectivity index (χ3v) is 6.91. The van der Waals surface area contributed by atoms with Gasteiger partial charge in [0.15, 0.2) is 6.61 Å². The third-order valence-electron chi connectivity index (χ3n) is 4.99. The average molecular weight is 470 g/mol. The van der Waals surface area contributed by atoms with Crippen LogP contribution in [0, 0.1) is 0 Å². The van der Waals surface area contributed by atoms with Gasteiger partial charge in [0.1, 0.15) is 10.6 Å². The number of benzene rings is 1. The largest absolute Gasteiger partial charge is 0.495 e. The monoisotopic (exact) mass is 469 g/mol. The molecule has 1 aromatic carbocycles. The summed E-state index contributed by atoms with van der Waals surface area (Å²) in [6, 6.07) is 3.26. The fourth-order valence-electron chi connectivity index (χ4n) is 3.23. The molecular formula is C21H31N3O7S. The normalized spacial score (nSPS) is 14.8. The predicted octanol–water partition coefficient (Wildman–Crippen LogP) is 2.04. The van der Waals surface area contributed by atoms with Crippen LogP contribution >= 0.6 is 0 Å². The molecule has 0 aromatic heterocycles. The summed E-state index contributed by atoms with van der Waals surface area (Å²) >= 11 is 0. The summed E-state index contributed by atoms with van der Waals surface area (Å²) in [6.07, 6.45) is 5.14. The molecule has 2 N–H and O–H groups in total. The number of methoxy groups -OCH3 is 1. The molecule has 1 aliphatic heterocycles. The zero-order valence-corrected chi connectivity index (χ0v) is 19.3. The average Bonchev–Trinajstić information content (AvgIpc) is 3.07. The second-order valence-corrected chi connectivity index (χ2v) is 9.32. The number of hydrogen-bond acceptors (Lipinski definition) is 7. The second-order valence-electron chi connectivity index (χ2n) is 7.42. The summed E-state index contributed by atoms with van der Waals surface area (Å²) in [5.74, 6) is -1.56. The zero-order valence-electron chi connectivity index (χ0n) is 18.5. The van der Waals surface area contributed by atoms with E-state index in [1.165, 1.54) is 29.6 Å². The highest BCUT2D eigenvalue weighted by Crippen LogP contribution is 2.29. The lowest BCUT2D eigenvalue weighted by Crippen LogP contribution is -2.41. The third kappa shape index (κ3) is 7.20. The minimum Gasteiger partial charge on any atom is -0.495 e. The lowest BCUT2D eigenvalue weighted by atomic mass is 10.2. The first-order chi connectivity index (χ1) is 15.3. The van der Waals surface area contributed by atoms with E-state index in [2.05, 4.69) is 10.6 Å². The van der Waals surface area contributed by atoms with E-state index in [-0.39, 0.29) is 16.2 Å². The summed E-state index contributed by atoms with van der Waals surface area (Å²) in [7, 11) is -2.52. The number of carbonyl (C=O) groups is 3. The molecule has 0 spiro atoms. The number of sulfonamides is 1. The van der Waals surface area contributed by atoms with Crippen LogP contribution in [0.25, 0.3) is 0 Å². The highest BCUT2D eigenvalue weighted by Gasteiger charge is 2.29. The number of urea groups is 1. The van der Waals surface area contributed by atoms with Gasteiger partial charge < -0.3 is 14.8 Å². The first kappa shape index (κ1) is 25.6. The summed E-state index contributed by atoms with van der Waals surface area (Å²) in [5, 5.41) is 4.57. The van der Waals surface area contributed by atoms with Crippen molar-refractivity contribution in [2.24, 2.45) is 0 Å². The van der Waals surface area contributed by atoms with Crippen molar-refractivity contribution >= 4 is 27.9 Å². The van der Waals surface area contributed by atoms with Gasteiger partial charge in [-0.3, -0.25) is 10.1 Å². The van der Waals surface area contributed by atoms with E-state index >= 15 is 0 Å². The SMILES string of the molecule is CCCCNC(=O)NC(=O)COC(=O)c1ccc(OC)c(S(=O)(=O)N2CCCCCC2)c1. The molecule has 2 rings (SSSR count). The van der Waals surface area contributed by atoms with Crippen molar-refractivity contribution < 1.29 is 32.3 Å².